The van der Waals surface area contributed by atoms with Gasteiger partial charge in [-0.3, -0.25) is 9.59 Å². The number of urea groups is 1. The average molecular weight is 426 g/mol. The van der Waals surface area contributed by atoms with E-state index < -0.39 is 0 Å². The van der Waals surface area contributed by atoms with Crippen LogP contribution >= 0.6 is 0 Å². The summed E-state index contributed by atoms with van der Waals surface area (Å²) in [5.74, 6) is -0.795. The molecule has 1 aliphatic heterocycles. The molecule has 3 rings (SSSR count). The Labute approximate surface area is 181 Å². The van der Waals surface area contributed by atoms with Gasteiger partial charge < -0.3 is 20.4 Å². The molecule has 1 fully saturated rings. The van der Waals surface area contributed by atoms with Crippen LogP contribution in [0.5, 0.6) is 0 Å². The highest BCUT2D eigenvalue weighted by Gasteiger charge is 2.23. The van der Waals surface area contributed by atoms with Crippen LogP contribution in [0.2, 0.25) is 0 Å². The first-order valence-corrected chi connectivity index (χ1v) is 10.3. The Morgan fingerprint density at radius 1 is 0.871 bits per heavy atom. The third-order valence-electron chi connectivity index (χ3n) is 5.07. The van der Waals surface area contributed by atoms with E-state index in [0.29, 0.717) is 49.5 Å². The molecule has 1 heterocycles. The highest BCUT2D eigenvalue weighted by molar-refractivity contribution is 5.95. The first-order chi connectivity index (χ1) is 14.8. The fourth-order valence-corrected chi connectivity index (χ4v) is 3.26. The molecule has 0 aliphatic carbocycles. The highest BCUT2D eigenvalue weighted by Crippen LogP contribution is 2.17. The zero-order chi connectivity index (χ0) is 22.4. The molecule has 164 valence electrons. The van der Waals surface area contributed by atoms with E-state index in [0.717, 1.165) is 0 Å². The summed E-state index contributed by atoms with van der Waals surface area (Å²) in [5, 5.41) is 5.67. The number of halogens is 1. The second-order valence-electron chi connectivity index (χ2n) is 7.79. The lowest BCUT2D eigenvalue weighted by molar-refractivity contribution is -0.118. The van der Waals surface area contributed by atoms with Crippen LogP contribution in [-0.4, -0.2) is 53.8 Å². The Hall–Kier alpha value is -3.42. The molecule has 0 aromatic heterocycles. The average Bonchev–Trinajstić information content (AvgIpc) is 3.00. The minimum absolute atomic E-state index is 0.0955. The van der Waals surface area contributed by atoms with Crippen LogP contribution in [0.1, 0.15) is 30.6 Å². The molecular formula is C23H27FN4O3. The molecule has 8 heteroatoms. The zero-order valence-corrected chi connectivity index (χ0v) is 17.7. The van der Waals surface area contributed by atoms with E-state index in [1.165, 1.54) is 24.3 Å². The Balaban J connectivity index is 1.58. The third kappa shape index (κ3) is 6.04. The van der Waals surface area contributed by atoms with Crippen molar-refractivity contribution in [1.82, 2.24) is 9.80 Å². The van der Waals surface area contributed by atoms with Gasteiger partial charge in [0.25, 0.3) is 5.91 Å². The van der Waals surface area contributed by atoms with Gasteiger partial charge >= 0.3 is 6.03 Å². The summed E-state index contributed by atoms with van der Waals surface area (Å²) in [5.41, 5.74) is 1.62. The maximum atomic E-state index is 13.1. The second-order valence-corrected chi connectivity index (χ2v) is 7.79. The zero-order valence-electron chi connectivity index (χ0n) is 17.7. The van der Waals surface area contributed by atoms with E-state index >= 15 is 0 Å². The number of amides is 4. The van der Waals surface area contributed by atoms with Crippen molar-refractivity contribution in [3.63, 3.8) is 0 Å². The van der Waals surface area contributed by atoms with E-state index in [9.17, 15) is 18.8 Å². The molecule has 1 aliphatic rings. The smallest absolute Gasteiger partial charge is 0.321 e. The molecule has 0 atom stereocenters. The van der Waals surface area contributed by atoms with Crippen LogP contribution in [0.3, 0.4) is 0 Å². The molecule has 0 bridgehead atoms. The molecular weight excluding hydrogens is 399 g/mol. The minimum atomic E-state index is -0.386. The first-order valence-electron chi connectivity index (χ1n) is 10.3. The first kappa shape index (κ1) is 22.3. The van der Waals surface area contributed by atoms with Crippen molar-refractivity contribution in [2.75, 3.05) is 36.8 Å². The molecule has 0 radical (unpaired) electrons. The number of nitrogens with zero attached hydrogens (tertiary/aromatic N) is 2. The molecule has 7 nitrogen and oxygen atoms in total. The van der Waals surface area contributed by atoms with Crippen LogP contribution in [0.15, 0.2) is 48.5 Å². The van der Waals surface area contributed by atoms with Crippen molar-refractivity contribution in [2.45, 2.75) is 20.3 Å². The quantitative estimate of drug-likeness (QED) is 0.780. The molecule has 0 saturated carbocycles. The molecule has 2 aromatic rings. The Morgan fingerprint density at radius 2 is 1.48 bits per heavy atom. The number of rotatable bonds is 4. The van der Waals surface area contributed by atoms with Gasteiger partial charge in [-0.15, -0.1) is 0 Å². The predicted molar refractivity (Wildman–Crippen MR) is 117 cm³/mol. The van der Waals surface area contributed by atoms with E-state index in [1.54, 1.807) is 34.1 Å². The Kier molecular flexibility index (Phi) is 7.23. The standard InChI is InChI=1S/C23H27FN4O3/c1-16(2)21(29)25-19-5-3-6-20(15-19)26-23(31)28-12-4-11-27(13-14-28)22(30)17-7-9-18(24)10-8-17/h3,5-10,15-16H,4,11-14H2,1-2H3,(H,25,29)(H,26,31). The fraction of sp³-hybridized carbons (Fsp3) is 0.348. The van der Waals surface area contributed by atoms with Crippen molar-refractivity contribution in [3.05, 3.63) is 59.9 Å². The van der Waals surface area contributed by atoms with Gasteiger partial charge in [0.1, 0.15) is 5.82 Å². The predicted octanol–water partition coefficient (Wildman–Crippen LogP) is 3.80. The van der Waals surface area contributed by atoms with Crippen LogP contribution in [-0.2, 0) is 4.79 Å². The normalized spacial score (nSPS) is 14.2. The third-order valence-corrected chi connectivity index (χ3v) is 5.07. The maximum absolute atomic E-state index is 13.1. The number of anilines is 2. The van der Waals surface area contributed by atoms with Gasteiger partial charge in [0.2, 0.25) is 5.91 Å². The molecule has 2 N–H and O–H groups in total. The van der Waals surface area contributed by atoms with Crippen molar-refractivity contribution in [3.8, 4) is 0 Å². The van der Waals surface area contributed by atoms with Crippen LogP contribution < -0.4 is 10.6 Å². The number of carbonyl (C=O) groups excluding carboxylic acids is 3. The Morgan fingerprint density at radius 3 is 2.16 bits per heavy atom. The highest BCUT2D eigenvalue weighted by atomic mass is 19.1. The SMILES string of the molecule is CC(C)C(=O)Nc1cccc(NC(=O)N2CCCN(C(=O)c3ccc(F)cc3)CC2)c1. The molecule has 0 unspecified atom stereocenters. The van der Waals surface area contributed by atoms with Gasteiger partial charge in [0, 0.05) is 49.0 Å². The second kappa shape index (κ2) is 10.1. The lowest BCUT2D eigenvalue weighted by Crippen LogP contribution is -2.39. The number of benzene rings is 2. The largest absolute Gasteiger partial charge is 0.337 e. The molecule has 1 saturated heterocycles. The van der Waals surface area contributed by atoms with Gasteiger partial charge in [-0.05, 0) is 48.9 Å². The number of nitrogens with one attached hydrogen (secondary N) is 2. The number of hydrogen-bond donors (Lipinski definition) is 2. The summed E-state index contributed by atoms with van der Waals surface area (Å²) in [4.78, 5) is 40.6. The number of carbonyl (C=O) groups is 3. The van der Waals surface area contributed by atoms with Gasteiger partial charge in [0.05, 0.1) is 0 Å². The van der Waals surface area contributed by atoms with E-state index in [-0.39, 0.29) is 29.6 Å². The van der Waals surface area contributed by atoms with Crippen molar-refractivity contribution in [2.24, 2.45) is 5.92 Å². The van der Waals surface area contributed by atoms with Gasteiger partial charge in [-0.1, -0.05) is 19.9 Å². The molecule has 31 heavy (non-hydrogen) atoms. The van der Waals surface area contributed by atoms with Gasteiger partial charge in [-0.25, -0.2) is 9.18 Å². The lowest BCUT2D eigenvalue weighted by Gasteiger charge is -2.22. The summed E-state index contributed by atoms with van der Waals surface area (Å²) in [6.07, 6.45) is 0.644. The summed E-state index contributed by atoms with van der Waals surface area (Å²) in [6, 6.07) is 12.2. The van der Waals surface area contributed by atoms with E-state index in [1.807, 2.05) is 13.8 Å². The van der Waals surface area contributed by atoms with E-state index in [2.05, 4.69) is 10.6 Å². The van der Waals surface area contributed by atoms with Crippen molar-refractivity contribution < 1.29 is 18.8 Å². The monoisotopic (exact) mass is 426 g/mol. The van der Waals surface area contributed by atoms with Crippen LogP contribution in [0, 0.1) is 11.7 Å². The van der Waals surface area contributed by atoms with Crippen LogP contribution in [0.25, 0.3) is 0 Å². The summed E-state index contributed by atoms with van der Waals surface area (Å²) >= 11 is 0. The number of hydrogen-bond acceptors (Lipinski definition) is 3. The summed E-state index contributed by atoms with van der Waals surface area (Å²) < 4.78 is 13.1. The van der Waals surface area contributed by atoms with Crippen molar-refractivity contribution >= 4 is 29.2 Å². The van der Waals surface area contributed by atoms with Crippen LogP contribution in [0.4, 0.5) is 20.6 Å². The summed E-state index contributed by atoms with van der Waals surface area (Å²) in [6.45, 7) is 5.45. The molecule has 0 spiro atoms. The lowest BCUT2D eigenvalue weighted by atomic mass is 10.2. The summed E-state index contributed by atoms with van der Waals surface area (Å²) in [7, 11) is 0. The molecule has 4 amide bonds. The van der Waals surface area contributed by atoms with E-state index in [4.69, 9.17) is 0 Å². The van der Waals surface area contributed by atoms with Crippen molar-refractivity contribution in [1.29, 1.82) is 0 Å². The Bertz CT molecular complexity index is 946. The van der Waals surface area contributed by atoms with Gasteiger partial charge in [0.15, 0.2) is 0 Å². The maximum Gasteiger partial charge on any atom is 0.321 e. The molecule has 2 aromatic carbocycles. The minimum Gasteiger partial charge on any atom is -0.337 e. The fourth-order valence-electron chi connectivity index (χ4n) is 3.26. The van der Waals surface area contributed by atoms with Gasteiger partial charge in [-0.2, -0.15) is 0 Å². The topological polar surface area (TPSA) is 81.8 Å².